The molecular formula is C17H18N4O4S. The van der Waals surface area contributed by atoms with Crippen molar-refractivity contribution in [3.05, 3.63) is 34.5 Å². The predicted molar refractivity (Wildman–Crippen MR) is 92.9 cm³/mol. The molecule has 0 bridgehead atoms. The van der Waals surface area contributed by atoms with Crippen molar-refractivity contribution in [3.8, 4) is 5.88 Å². The fraction of sp³-hybridized carbons (Fsp3) is 0.412. The molecule has 0 unspecified atom stereocenters. The monoisotopic (exact) mass is 374 g/mol. The van der Waals surface area contributed by atoms with Gasteiger partial charge in [0.15, 0.2) is 4.90 Å². The number of aryl methyl sites for hydroxylation is 3. The Morgan fingerprint density at radius 3 is 2.54 bits per heavy atom. The van der Waals surface area contributed by atoms with Crippen molar-refractivity contribution in [2.45, 2.75) is 43.5 Å². The third-order valence-corrected chi connectivity index (χ3v) is 6.60. The highest BCUT2D eigenvalue weighted by molar-refractivity contribution is 7.90. The average Bonchev–Trinajstić information content (AvgIpc) is 2.96. The Morgan fingerprint density at radius 1 is 1.15 bits per heavy atom. The molecule has 2 aliphatic carbocycles. The van der Waals surface area contributed by atoms with E-state index in [4.69, 9.17) is 4.74 Å². The minimum atomic E-state index is -4.06. The number of aromatic nitrogens is 2. The Kier molecular flexibility index (Phi) is 3.30. The number of rotatable bonds is 3. The van der Waals surface area contributed by atoms with E-state index in [1.165, 1.54) is 22.0 Å². The zero-order valence-electron chi connectivity index (χ0n) is 14.0. The minimum Gasteiger partial charge on any atom is -0.477 e. The highest BCUT2D eigenvalue weighted by Crippen LogP contribution is 2.40. The first-order chi connectivity index (χ1) is 12.5. The maximum absolute atomic E-state index is 12.6. The zero-order chi connectivity index (χ0) is 17.9. The lowest BCUT2D eigenvalue weighted by Gasteiger charge is -2.32. The van der Waals surface area contributed by atoms with E-state index in [9.17, 15) is 13.2 Å². The summed E-state index contributed by atoms with van der Waals surface area (Å²) in [7, 11) is -4.06. The van der Waals surface area contributed by atoms with E-state index >= 15 is 0 Å². The van der Waals surface area contributed by atoms with E-state index in [0.29, 0.717) is 13.2 Å². The molecule has 0 saturated carbocycles. The van der Waals surface area contributed by atoms with Gasteiger partial charge in [0, 0.05) is 18.7 Å². The Balaban J connectivity index is 1.39. The maximum atomic E-state index is 12.6. The average molecular weight is 374 g/mol. The van der Waals surface area contributed by atoms with Crippen molar-refractivity contribution in [1.29, 1.82) is 0 Å². The fourth-order valence-electron chi connectivity index (χ4n) is 3.77. The molecule has 1 aliphatic heterocycles. The molecule has 0 atom stereocenters. The highest BCUT2D eigenvalue weighted by atomic mass is 32.2. The van der Waals surface area contributed by atoms with Crippen molar-refractivity contribution < 1.29 is 17.9 Å². The first-order valence-corrected chi connectivity index (χ1v) is 10.2. The summed E-state index contributed by atoms with van der Waals surface area (Å²) in [4.78, 5) is 12.3. The molecule has 2 N–H and O–H groups in total. The number of fused-ring (bicyclic) bond motifs is 3. The lowest BCUT2D eigenvalue weighted by molar-refractivity contribution is 0.224. The number of carbonyl (C=O) groups excluding carboxylic acids is 1. The molecule has 8 nitrogen and oxygen atoms in total. The molecule has 0 radical (unpaired) electrons. The summed E-state index contributed by atoms with van der Waals surface area (Å²) in [6, 6.07) is 1.45. The maximum Gasteiger partial charge on any atom is 0.333 e. The molecule has 0 spiro atoms. The van der Waals surface area contributed by atoms with Gasteiger partial charge in [-0.05, 0) is 47.9 Å². The molecule has 0 saturated heterocycles. The van der Waals surface area contributed by atoms with E-state index in [1.807, 2.05) is 0 Å². The molecule has 1 aromatic carbocycles. The van der Waals surface area contributed by atoms with Gasteiger partial charge in [-0.3, -0.25) is 0 Å². The van der Waals surface area contributed by atoms with Crippen molar-refractivity contribution in [2.75, 3.05) is 11.9 Å². The van der Waals surface area contributed by atoms with Crippen LogP contribution in [-0.2, 0) is 42.3 Å². The SMILES string of the molecule is O=C(Nc1c2c(cc3c1CC3)CC2)NS(=O)(=O)c1cnn2c1OCCC2. The number of nitrogens with zero attached hydrogens (tertiary/aromatic N) is 2. The molecule has 0 fully saturated rings. The van der Waals surface area contributed by atoms with Crippen LogP contribution in [0.3, 0.4) is 0 Å². The van der Waals surface area contributed by atoms with Crippen LogP contribution in [0, 0.1) is 0 Å². The Hall–Kier alpha value is -2.55. The van der Waals surface area contributed by atoms with E-state index < -0.39 is 16.1 Å². The van der Waals surface area contributed by atoms with Gasteiger partial charge in [0.2, 0.25) is 5.88 Å². The van der Waals surface area contributed by atoms with E-state index in [0.717, 1.165) is 48.9 Å². The first kappa shape index (κ1) is 15.7. The van der Waals surface area contributed by atoms with Gasteiger partial charge in [-0.2, -0.15) is 5.10 Å². The molecule has 5 rings (SSSR count). The fourth-order valence-corrected chi connectivity index (χ4v) is 4.75. The van der Waals surface area contributed by atoms with Crippen molar-refractivity contribution in [2.24, 2.45) is 0 Å². The van der Waals surface area contributed by atoms with Gasteiger partial charge in [-0.15, -0.1) is 0 Å². The topological polar surface area (TPSA) is 102 Å². The molecule has 26 heavy (non-hydrogen) atoms. The van der Waals surface area contributed by atoms with E-state index in [2.05, 4.69) is 21.2 Å². The van der Waals surface area contributed by atoms with Gasteiger partial charge in [0.1, 0.15) is 0 Å². The minimum absolute atomic E-state index is 0.110. The normalized spacial score (nSPS) is 16.9. The number of urea groups is 1. The van der Waals surface area contributed by atoms with Crippen LogP contribution in [0.25, 0.3) is 0 Å². The van der Waals surface area contributed by atoms with E-state index in [-0.39, 0.29) is 10.8 Å². The van der Waals surface area contributed by atoms with Crippen LogP contribution in [0.15, 0.2) is 17.2 Å². The smallest absolute Gasteiger partial charge is 0.333 e. The van der Waals surface area contributed by atoms with Gasteiger partial charge in [-0.25, -0.2) is 22.6 Å². The molecule has 2 amide bonds. The highest BCUT2D eigenvalue weighted by Gasteiger charge is 2.31. The summed E-state index contributed by atoms with van der Waals surface area (Å²) >= 11 is 0. The summed E-state index contributed by atoms with van der Waals surface area (Å²) in [6.07, 6.45) is 5.84. The zero-order valence-corrected chi connectivity index (χ0v) is 14.9. The Morgan fingerprint density at radius 2 is 1.88 bits per heavy atom. The number of benzene rings is 1. The summed E-state index contributed by atoms with van der Waals surface area (Å²) in [6.45, 7) is 1.03. The van der Waals surface area contributed by atoms with Crippen LogP contribution in [0.1, 0.15) is 28.7 Å². The third kappa shape index (κ3) is 2.30. The molecule has 2 aromatic rings. The second kappa shape index (κ2) is 5.47. The number of hydrogen-bond donors (Lipinski definition) is 2. The molecule has 1 aromatic heterocycles. The predicted octanol–water partition coefficient (Wildman–Crippen LogP) is 1.37. The van der Waals surface area contributed by atoms with Crippen LogP contribution in [-0.4, -0.2) is 30.8 Å². The lowest BCUT2D eigenvalue weighted by atomic mass is 9.76. The van der Waals surface area contributed by atoms with Gasteiger partial charge in [0.05, 0.1) is 12.8 Å². The van der Waals surface area contributed by atoms with Gasteiger partial charge in [-0.1, -0.05) is 6.07 Å². The third-order valence-electron chi connectivity index (χ3n) is 5.28. The Labute approximate surface area is 150 Å². The summed E-state index contributed by atoms with van der Waals surface area (Å²) in [5, 5.41) is 6.79. The second-order valence-corrected chi connectivity index (χ2v) is 8.48. The lowest BCUT2D eigenvalue weighted by Crippen LogP contribution is -2.36. The number of nitrogens with one attached hydrogen (secondary N) is 2. The summed E-state index contributed by atoms with van der Waals surface area (Å²) in [5.41, 5.74) is 5.54. The number of anilines is 1. The van der Waals surface area contributed by atoms with Gasteiger partial charge >= 0.3 is 6.03 Å². The number of hydrogen-bond acceptors (Lipinski definition) is 5. The Bertz CT molecular complexity index is 1010. The molecule has 2 heterocycles. The summed E-state index contributed by atoms with van der Waals surface area (Å²) < 4.78 is 34.2. The quantitative estimate of drug-likeness (QED) is 0.845. The molecule has 9 heteroatoms. The van der Waals surface area contributed by atoms with Crippen LogP contribution in [0.2, 0.25) is 0 Å². The van der Waals surface area contributed by atoms with Crippen LogP contribution < -0.4 is 14.8 Å². The van der Waals surface area contributed by atoms with Gasteiger partial charge < -0.3 is 10.1 Å². The first-order valence-electron chi connectivity index (χ1n) is 8.72. The number of sulfonamides is 1. The number of ether oxygens (including phenoxy) is 1. The molecule has 3 aliphatic rings. The standard InChI is InChI=1S/C17H18N4O4S/c22-17(19-15-12-4-2-10(12)8-11-3-5-13(11)15)20-26(23,24)14-9-18-21-6-1-7-25-16(14)21/h8-9H,1-7H2,(H2,19,20,22). The summed E-state index contributed by atoms with van der Waals surface area (Å²) in [5.74, 6) is 0.185. The molecular weight excluding hydrogens is 356 g/mol. The van der Waals surface area contributed by atoms with Crippen molar-refractivity contribution >= 4 is 21.7 Å². The van der Waals surface area contributed by atoms with Crippen LogP contribution in [0.5, 0.6) is 5.88 Å². The number of carbonyl (C=O) groups is 1. The van der Waals surface area contributed by atoms with Crippen molar-refractivity contribution in [3.63, 3.8) is 0 Å². The molecule has 136 valence electrons. The largest absolute Gasteiger partial charge is 0.477 e. The van der Waals surface area contributed by atoms with E-state index in [1.54, 1.807) is 0 Å². The van der Waals surface area contributed by atoms with Gasteiger partial charge in [0.25, 0.3) is 10.0 Å². The number of amides is 2. The van der Waals surface area contributed by atoms with Crippen LogP contribution >= 0.6 is 0 Å². The second-order valence-electron chi connectivity index (χ2n) is 6.83. The van der Waals surface area contributed by atoms with Crippen LogP contribution in [0.4, 0.5) is 10.5 Å². The van der Waals surface area contributed by atoms with Crippen molar-refractivity contribution in [1.82, 2.24) is 14.5 Å².